The van der Waals surface area contributed by atoms with Gasteiger partial charge in [0.05, 0.1) is 12.4 Å². The summed E-state index contributed by atoms with van der Waals surface area (Å²) in [7, 11) is 0. The zero-order valence-electron chi connectivity index (χ0n) is 11.2. The van der Waals surface area contributed by atoms with Crippen LogP contribution < -0.4 is 0 Å². The Morgan fingerprint density at radius 3 is 2.75 bits per heavy atom. The highest BCUT2D eigenvalue weighted by molar-refractivity contribution is 7.98. The molecule has 2 rings (SSSR count). The van der Waals surface area contributed by atoms with Crippen LogP contribution >= 0.6 is 23.1 Å². The molecule has 106 valence electrons. The summed E-state index contributed by atoms with van der Waals surface area (Å²) in [6.07, 6.45) is 0. The van der Waals surface area contributed by atoms with E-state index < -0.39 is 0 Å². The second kappa shape index (κ2) is 6.85. The number of esters is 1. The third-order valence-corrected chi connectivity index (χ3v) is 4.66. The normalized spacial score (nSPS) is 10.6. The Balaban J connectivity index is 2.01. The molecule has 1 aromatic carbocycles. The third kappa shape index (κ3) is 3.80. The Morgan fingerprint density at radius 2 is 2.10 bits per heavy atom. The summed E-state index contributed by atoms with van der Waals surface area (Å²) in [5.41, 5.74) is 0.395. The molecule has 0 aliphatic rings. The molecule has 2 aromatic rings. The van der Waals surface area contributed by atoms with E-state index in [1.807, 2.05) is 6.92 Å². The van der Waals surface area contributed by atoms with Crippen LogP contribution in [0, 0.1) is 12.7 Å². The van der Waals surface area contributed by atoms with E-state index in [0.29, 0.717) is 18.1 Å². The molecule has 0 atom stereocenters. The standard InChI is InChI=1S/C14H14FNO2S2/c1-3-18-14(17)13-9(2)20-12(16-13)8-19-11-6-4-10(15)5-7-11/h4-7H,3,8H2,1-2H3. The number of hydrogen-bond donors (Lipinski definition) is 0. The first-order chi connectivity index (χ1) is 9.60. The van der Waals surface area contributed by atoms with Gasteiger partial charge in [-0.15, -0.1) is 23.1 Å². The largest absolute Gasteiger partial charge is 0.461 e. The van der Waals surface area contributed by atoms with Gasteiger partial charge in [0.15, 0.2) is 5.69 Å². The van der Waals surface area contributed by atoms with Crippen molar-refractivity contribution in [3.63, 3.8) is 0 Å². The number of carbonyl (C=O) groups excluding carboxylic acids is 1. The van der Waals surface area contributed by atoms with E-state index in [1.165, 1.54) is 23.5 Å². The molecule has 0 saturated carbocycles. The molecule has 0 aliphatic carbocycles. The molecule has 0 N–H and O–H groups in total. The van der Waals surface area contributed by atoms with Crippen molar-refractivity contribution in [1.29, 1.82) is 0 Å². The van der Waals surface area contributed by atoms with Crippen LogP contribution in [0.1, 0.15) is 27.3 Å². The lowest BCUT2D eigenvalue weighted by molar-refractivity contribution is 0.0519. The highest BCUT2D eigenvalue weighted by atomic mass is 32.2. The Hall–Kier alpha value is -1.40. The van der Waals surface area contributed by atoms with Crippen molar-refractivity contribution < 1.29 is 13.9 Å². The number of aromatic nitrogens is 1. The molecule has 0 saturated heterocycles. The zero-order chi connectivity index (χ0) is 14.5. The molecule has 20 heavy (non-hydrogen) atoms. The third-order valence-electron chi connectivity index (χ3n) is 2.49. The van der Waals surface area contributed by atoms with E-state index in [4.69, 9.17) is 4.74 Å². The molecule has 0 unspecified atom stereocenters. The van der Waals surface area contributed by atoms with Gasteiger partial charge in [0, 0.05) is 9.77 Å². The highest BCUT2D eigenvalue weighted by Crippen LogP contribution is 2.27. The van der Waals surface area contributed by atoms with E-state index in [2.05, 4.69) is 4.98 Å². The minimum atomic E-state index is -0.376. The lowest BCUT2D eigenvalue weighted by Gasteiger charge is -1.99. The monoisotopic (exact) mass is 311 g/mol. The minimum Gasteiger partial charge on any atom is -0.461 e. The first-order valence-corrected chi connectivity index (χ1v) is 7.92. The molecule has 0 amide bonds. The van der Waals surface area contributed by atoms with Gasteiger partial charge in [-0.25, -0.2) is 14.2 Å². The van der Waals surface area contributed by atoms with Crippen LogP contribution in [0.2, 0.25) is 0 Å². The van der Waals surface area contributed by atoms with Crippen LogP contribution in [-0.4, -0.2) is 17.6 Å². The lowest BCUT2D eigenvalue weighted by atomic mass is 10.4. The average molecular weight is 311 g/mol. The van der Waals surface area contributed by atoms with Crippen LogP contribution in [0.4, 0.5) is 4.39 Å². The van der Waals surface area contributed by atoms with Crippen molar-refractivity contribution in [2.24, 2.45) is 0 Å². The number of thioether (sulfide) groups is 1. The second-order valence-electron chi connectivity index (χ2n) is 3.98. The van der Waals surface area contributed by atoms with Crippen molar-refractivity contribution in [1.82, 2.24) is 4.98 Å². The van der Waals surface area contributed by atoms with Gasteiger partial charge in [-0.05, 0) is 38.1 Å². The maximum absolute atomic E-state index is 12.8. The number of carbonyl (C=O) groups is 1. The van der Waals surface area contributed by atoms with Crippen LogP contribution in [0.15, 0.2) is 29.2 Å². The highest BCUT2D eigenvalue weighted by Gasteiger charge is 2.16. The predicted octanol–water partition coefficient (Wildman–Crippen LogP) is 4.06. The molecule has 0 spiro atoms. The van der Waals surface area contributed by atoms with E-state index in [0.717, 1.165) is 14.8 Å². The summed E-state index contributed by atoms with van der Waals surface area (Å²) >= 11 is 3.04. The van der Waals surface area contributed by atoms with Gasteiger partial charge >= 0.3 is 5.97 Å². The average Bonchev–Trinajstić information content (AvgIpc) is 2.80. The second-order valence-corrected chi connectivity index (χ2v) is 6.31. The Kier molecular flexibility index (Phi) is 5.14. The van der Waals surface area contributed by atoms with Gasteiger partial charge < -0.3 is 4.74 Å². The van der Waals surface area contributed by atoms with Gasteiger partial charge in [-0.2, -0.15) is 0 Å². The van der Waals surface area contributed by atoms with E-state index in [9.17, 15) is 9.18 Å². The number of rotatable bonds is 5. The summed E-state index contributed by atoms with van der Waals surface area (Å²) < 4.78 is 17.8. The van der Waals surface area contributed by atoms with Crippen molar-refractivity contribution in [3.05, 3.63) is 45.7 Å². The van der Waals surface area contributed by atoms with Gasteiger partial charge in [-0.1, -0.05) is 0 Å². The first kappa shape index (κ1) is 15.0. The summed E-state index contributed by atoms with van der Waals surface area (Å²) in [4.78, 5) is 17.8. The number of aryl methyl sites for hydroxylation is 1. The summed E-state index contributed by atoms with van der Waals surface area (Å²) in [6, 6.07) is 6.32. The van der Waals surface area contributed by atoms with E-state index >= 15 is 0 Å². The summed E-state index contributed by atoms with van der Waals surface area (Å²) in [5, 5.41) is 0.861. The van der Waals surface area contributed by atoms with Crippen LogP contribution in [0.5, 0.6) is 0 Å². The van der Waals surface area contributed by atoms with Gasteiger partial charge in [-0.3, -0.25) is 0 Å². The predicted molar refractivity (Wildman–Crippen MR) is 78.8 cm³/mol. The van der Waals surface area contributed by atoms with Crippen molar-refractivity contribution >= 4 is 29.1 Å². The Morgan fingerprint density at radius 1 is 1.40 bits per heavy atom. The lowest BCUT2D eigenvalue weighted by Crippen LogP contribution is -2.06. The van der Waals surface area contributed by atoms with Gasteiger partial charge in [0.2, 0.25) is 0 Å². The van der Waals surface area contributed by atoms with Crippen molar-refractivity contribution in [3.8, 4) is 0 Å². The maximum Gasteiger partial charge on any atom is 0.358 e. The zero-order valence-corrected chi connectivity index (χ0v) is 12.8. The van der Waals surface area contributed by atoms with Crippen molar-refractivity contribution in [2.75, 3.05) is 6.61 Å². The number of nitrogens with zero attached hydrogens (tertiary/aromatic N) is 1. The molecule has 0 fully saturated rings. The van der Waals surface area contributed by atoms with Gasteiger partial charge in [0.1, 0.15) is 10.8 Å². The van der Waals surface area contributed by atoms with E-state index in [-0.39, 0.29) is 11.8 Å². The minimum absolute atomic E-state index is 0.246. The van der Waals surface area contributed by atoms with Gasteiger partial charge in [0.25, 0.3) is 0 Å². The molecule has 6 heteroatoms. The SMILES string of the molecule is CCOC(=O)c1nc(CSc2ccc(F)cc2)sc1C. The first-order valence-electron chi connectivity index (χ1n) is 6.12. The quantitative estimate of drug-likeness (QED) is 0.616. The number of halogens is 1. The van der Waals surface area contributed by atoms with Crippen LogP contribution in [0.3, 0.4) is 0 Å². The van der Waals surface area contributed by atoms with Crippen molar-refractivity contribution in [2.45, 2.75) is 24.5 Å². The van der Waals surface area contributed by atoms with E-state index in [1.54, 1.807) is 30.8 Å². The number of thiazole rings is 1. The smallest absolute Gasteiger partial charge is 0.358 e. The molecule has 1 heterocycles. The Labute approximate surface area is 125 Å². The Bertz CT molecular complexity index is 596. The number of ether oxygens (including phenoxy) is 1. The molecular weight excluding hydrogens is 297 g/mol. The topological polar surface area (TPSA) is 39.2 Å². The number of benzene rings is 1. The fraction of sp³-hybridized carbons (Fsp3) is 0.286. The molecule has 0 radical (unpaired) electrons. The molecule has 3 nitrogen and oxygen atoms in total. The fourth-order valence-corrected chi connectivity index (χ4v) is 3.39. The summed E-state index contributed by atoms with van der Waals surface area (Å²) in [5.74, 6) is 0.0274. The molecule has 0 aliphatic heterocycles. The fourth-order valence-electron chi connectivity index (χ4n) is 1.58. The maximum atomic E-state index is 12.8. The van der Waals surface area contributed by atoms with Crippen LogP contribution in [-0.2, 0) is 10.5 Å². The molecule has 0 bridgehead atoms. The number of hydrogen-bond acceptors (Lipinski definition) is 5. The van der Waals surface area contributed by atoms with Crippen LogP contribution in [0.25, 0.3) is 0 Å². The summed E-state index contributed by atoms with van der Waals surface area (Å²) in [6.45, 7) is 3.97. The molecule has 1 aromatic heterocycles. The molecular formula is C14H14FNO2S2.